The average molecular weight is 363 g/mol. The summed E-state index contributed by atoms with van der Waals surface area (Å²) in [4.78, 5) is 15.1. The zero-order chi connectivity index (χ0) is 18.9. The molecule has 26 heavy (non-hydrogen) atoms. The molecule has 134 valence electrons. The second-order valence-corrected chi connectivity index (χ2v) is 5.46. The number of anilines is 2. The molecule has 0 spiro atoms. The Hall–Kier alpha value is -3.36. The number of alkyl halides is 3. The third kappa shape index (κ3) is 3.82. The van der Waals surface area contributed by atoms with E-state index in [1.807, 2.05) is 0 Å². The maximum atomic E-state index is 12.2. The van der Waals surface area contributed by atoms with Gasteiger partial charge in [-0.25, -0.2) is 0 Å². The molecule has 1 heterocycles. The van der Waals surface area contributed by atoms with Crippen LogP contribution in [0.25, 0.3) is 10.8 Å². The number of benzene rings is 2. The minimum Gasteiger partial charge on any atom is -0.406 e. The van der Waals surface area contributed by atoms with Gasteiger partial charge in [0.1, 0.15) is 11.4 Å². The first kappa shape index (κ1) is 17.5. The van der Waals surface area contributed by atoms with E-state index in [-0.39, 0.29) is 17.1 Å². The van der Waals surface area contributed by atoms with Gasteiger partial charge in [-0.2, -0.15) is 0 Å². The summed E-state index contributed by atoms with van der Waals surface area (Å²) < 4.78 is 40.4. The molecule has 9 heteroatoms. The Morgan fingerprint density at radius 1 is 1.15 bits per heavy atom. The van der Waals surface area contributed by atoms with E-state index >= 15 is 0 Å². The first-order chi connectivity index (χ1) is 12.2. The van der Waals surface area contributed by atoms with Gasteiger partial charge >= 0.3 is 12.0 Å². The van der Waals surface area contributed by atoms with Crippen molar-refractivity contribution in [3.8, 4) is 5.75 Å². The van der Waals surface area contributed by atoms with Gasteiger partial charge in [-0.05, 0) is 48.7 Å². The van der Waals surface area contributed by atoms with Crippen molar-refractivity contribution in [1.82, 2.24) is 4.98 Å². The number of halogens is 3. The van der Waals surface area contributed by atoms with E-state index in [1.54, 1.807) is 25.1 Å². The zero-order valence-electron chi connectivity index (χ0n) is 13.4. The fourth-order valence-electron chi connectivity index (χ4n) is 2.51. The van der Waals surface area contributed by atoms with Gasteiger partial charge in [-0.15, -0.1) is 13.2 Å². The van der Waals surface area contributed by atoms with Crippen LogP contribution in [-0.2, 0) is 0 Å². The zero-order valence-corrected chi connectivity index (χ0v) is 13.4. The average Bonchev–Trinajstić information content (AvgIpc) is 2.55. The molecular formula is C17H12F3N3O3. The molecule has 6 nitrogen and oxygen atoms in total. The number of hydrogen-bond acceptors (Lipinski definition) is 5. The summed E-state index contributed by atoms with van der Waals surface area (Å²) in [6.45, 7) is 1.78. The van der Waals surface area contributed by atoms with E-state index in [4.69, 9.17) is 0 Å². The molecule has 0 aliphatic rings. The molecule has 0 bridgehead atoms. The molecule has 1 N–H and O–H groups in total. The molecule has 0 unspecified atom stereocenters. The molecule has 0 fully saturated rings. The number of nitro benzene ring substituents is 1. The second-order valence-electron chi connectivity index (χ2n) is 5.46. The molecule has 0 saturated carbocycles. The summed E-state index contributed by atoms with van der Waals surface area (Å²) in [5.41, 5.74) is 1.15. The van der Waals surface area contributed by atoms with Gasteiger partial charge in [0.25, 0.3) is 0 Å². The largest absolute Gasteiger partial charge is 0.573 e. The van der Waals surface area contributed by atoms with E-state index in [1.165, 1.54) is 18.3 Å². The van der Waals surface area contributed by atoms with Crippen LogP contribution in [0.15, 0.2) is 48.7 Å². The molecule has 0 amide bonds. The summed E-state index contributed by atoms with van der Waals surface area (Å²) >= 11 is 0. The van der Waals surface area contributed by atoms with Crippen LogP contribution in [0.2, 0.25) is 0 Å². The Labute approximate surface area is 145 Å². The van der Waals surface area contributed by atoms with Gasteiger partial charge in [-0.1, -0.05) is 6.07 Å². The highest BCUT2D eigenvalue weighted by molar-refractivity contribution is 5.97. The summed E-state index contributed by atoms with van der Waals surface area (Å²) in [6.07, 6.45) is -3.36. The van der Waals surface area contributed by atoms with E-state index in [2.05, 4.69) is 15.0 Å². The van der Waals surface area contributed by atoms with Crippen molar-refractivity contribution in [3.63, 3.8) is 0 Å². The van der Waals surface area contributed by atoms with Crippen LogP contribution < -0.4 is 10.1 Å². The monoisotopic (exact) mass is 363 g/mol. The number of hydrogen-bond donors (Lipinski definition) is 1. The standard InChI is InChI=1S/C17H12F3N3O3/c1-10-8-11-2-7-15(16(23(24)25)14(11)9-21-10)22-12-3-5-13(6-4-12)26-17(18,19)20/h2-9,22H,1H3. The fraction of sp³-hybridized carbons (Fsp3) is 0.118. The Morgan fingerprint density at radius 2 is 1.85 bits per heavy atom. The topological polar surface area (TPSA) is 77.3 Å². The van der Waals surface area contributed by atoms with E-state index < -0.39 is 11.3 Å². The van der Waals surface area contributed by atoms with Crippen LogP contribution in [0.5, 0.6) is 5.75 Å². The third-order valence-electron chi connectivity index (χ3n) is 3.56. The maximum absolute atomic E-state index is 12.2. The Morgan fingerprint density at radius 3 is 2.46 bits per heavy atom. The lowest BCUT2D eigenvalue weighted by atomic mass is 10.1. The molecule has 2 aromatic carbocycles. The lowest BCUT2D eigenvalue weighted by Gasteiger charge is -2.11. The third-order valence-corrected chi connectivity index (χ3v) is 3.56. The lowest BCUT2D eigenvalue weighted by Crippen LogP contribution is -2.16. The molecule has 0 atom stereocenters. The number of fused-ring (bicyclic) bond motifs is 1. The number of nitrogens with zero attached hydrogens (tertiary/aromatic N) is 2. The van der Waals surface area contributed by atoms with Crippen molar-refractivity contribution in [3.05, 3.63) is 64.5 Å². The fourth-order valence-corrected chi connectivity index (χ4v) is 2.51. The maximum Gasteiger partial charge on any atom is 0.573 e. The van der Waals surface area contributed by atoms with E-state index in [0.29, 0.717) is 16.5 Å². The number of rotatable bonds is 4. The van der Waals surface area contributed by atoms with Gasteiger partial charge in [0.05, 0.1) is 10.3 Å². The van der Waals surface area contributed by atoms with Crippen molar-refractivity contribution in [2.45, 2.75) is 13.3 Å². The lowest BCUT2D eigenvalue weighted by molar-refractivity contribution is -0.382. The minimum absolute atomic E-state index is 0.161. The SMILES string of the molecule is Cc1cc2ccc(Nc3ccc(OC(F)(F)F)cc3)c([N+](=O)[O-])c2cn1. The predicted molar refractivity (Wildman–Crippen MR) is 89.5 cm³/mol. The van der Waals surface area contributed by atoms with Crippen molar-refractivity contribution >= 4 is 27.8 Å². The van der Waals surface area contributed by atoms with Crippen molar-refractivity contribution in [1.29, 1.82) is 0 Å². The molecule has 0 aliphatic carbocycles. The van der Waals surface area contributed by atoms with Gasteiger partial charge in [0, 0.05) is 17.6 Å². The first-order valence-corrected chi connectivity index (χ1v) is 7.39. The van der Waals surface area contributed by atoms with Crippen LogP contribution in [0.4, 0.5) is 30.2 Å². The number of aryl methyl sites for hydroxylation is 1. The molecular weight excluding hydrogens is 351 g/mol. The number of nitrogens with one attached hydrogen (secondary N) is 1. The highest BCUT2D eigenvalue weighted by Crippen LogP contribution is 2.35. The van der Waals surface area contributed by atoms with Crippen LogP contribution in [0.1, 0.15) is 5.69 Å². The van der Waals surface area contributed by atoms with Crippen LogP contribution >= 0.6 is 0 Å². The summed E-state index contributed by atoms with van der Waals surface area (Å²) in [7, 11) is 0. The molecule has 0 aliphatic heterocycles. The van der Waals surface area contributed by atoms with Crippen molar-refractivity contribution in [2.24, 2.45) is 0 Å². The Bertz CT molecular complexity index is 973. The normalized spacial score (nSPS) is 11.4. The first-order valence-electron chi connectivity index (χ1n) is 7.39. The number of aromatic nitrogens is 1. The molecule has 3 aromatic rings. The number of pyridine rings is 1. The number of nitro groups is 1. The van der Waals surface area contributed by atoms with E-state index in [0.717, 1.165) is 17.8 Å². The quantitative estimate of drug-likeness (QED) is 0.516. The van der Waals surface area contributed by atoms with Crippen LogP contribution in [-0.4, -0.2) is 16.3 Å². The van der Waals surface area contributed by atoms with Gasteiger partial charge in [-0.3, -0.25) is 15.1 Å². The van der Waals surface area contributed by atoms with Crippen LogP contribution in [0.3, 0.4) is 0 Å². The molecule has 1 aromatic heterocycles. The smallest absolute Gasteiger partial charge is 0.406 e. The van der Waals surface area contributed by atoms with Gasteiger partial charge in [0.15, 0.2) is 0 Å². The van der Waals surface area contributed by atoms with Gasteiger partial charge < -0.3 is 10.1 Å². The summed E-state index contributed by atoms with van der Waals surface area (Å²) in [6, 6.07) is 9.89. The van der Waals surface area contributed by atoms with Crippen LogP contribution in [0, 0.1) is 17.0 Å². The summed E-state index contributed by atoms with van der Waals surface area (Å²) in [5, 5.41) is 15.4. The summed E-state index contributed by atoms with van der Waals surface area (Å²) in [5.74, 6) is -0.379. The highest BCUT2D eigenvalue weighted by Gasteiger charge is 2.31. The molecule has 0 saturated heterocycles. The highest BCUT2D eigenvalue weighted by atomic mass is 19.4. The number of ether oxygens (including phenoxy) is 1. The van der Waals surface area contributed by atoms with Crippen molar-refractivity contribution in [2.75, 3.05) is 5.32 Å². The minimum atomic E-state index is -4.78. The second kappa shape index (κ2) is 6.51. The Balaban J connectivity index is 1.94. The Kier molecular flexibility index (Phi) is 4.37. The predicted octanol–water partition coefficient (Wildman–Crippen LogP) is 5.09. The van der Waals surface area contributed by atoms with Crippen molar-refractivity contribution < 1.29 is 22.8 Å². The van der Waals surface area contributed by atoms with E-state index in [9.17, 15) is 23.3 Å². The van der Waals surface area contributed by atoms with Gasteiger partial charge in [0.2, 0.25) is 0 Å². The molecule has 3 rings (SSSR count). The molecule has 0 radical (unpaired) electrons.